The number of likely N-dealkylation sites (tertiary alicyclic amines) is 1. The molecule has 1 saturated heterocycles. The maximum Gasteiger partial charge on any atom is 0.319 e. The van der Waals surface area contributed by atoms with Crippen LogP contribution in [0.4, 0.5) is 4.79 Å². The Morgan fingerprint density at radius 3 is 2.64 bits per heavy atom. The summed E-state index contributed by atoms with van der Waals surface area (Å²) in [6, 6.07) is 10.4. The molecular formula is C17H26N2O3. The molecular weight excluding hydrogens is 280 g/mol. The first kappa shape index (κ1) is 16.8. The Balaban J connectivity index is 2.08. The number of hydrogen-bond acceptors (Lipinski definition) is 3. The van der Waals surface area contributed by atoms with E-state index in [1.165, 1.54) is 5.56 Å². The quantitative estimate of drug-likeness (QED) is 0.755. The molecule has 0 saturated carbocycles. The summed E-state index contributed by atoms with van der Waals surface area (Å²) in [5, 5.41) is 0. The van der Waals surface area contributed by atoms with E-state index in [1.54, 1.807) is 26.1 Å². The molecule has 5 nitrogen and oxygen atoms in total. The summed E-state index contributed by atoms with van der Waals surface area (Å²) in [5.41, 5.74) is 1.23. The van der Waals surface area contributed by atoms with E-state index in [0.717, 1.165) is 19.4 Å². The van der Waals surface area contributed by atoms with Crippen LogP contribution in [0.25, 0.3) is 0 Å². The van der Waals surface area contributed by atoms with Gasteiger partial charge in [-0.3, -0.25) is 0 Å². The standard InChI is InChI=1S/C17H26N2O3/c1-18(2)17(20)19-10-9-16(22-12-11-21-3)15(19)13-14-7-5-4-6-8-14/h4-8,15-16H,9-13H2,1-3H3/t15-,16+/m0/s1. The third-order valence-electron chi connectivity index (χ3n) is 4.02. The molecule has 0 bridgehead atoms. The molecule has 5 heteroatoms. The molecule has 0 spiro atoms. The number of ether oxygens (including phenoxy) is 2. The average molecular weight is 306 g/mol. The predicted molar refractivity (Wildman–Crippen MR) is 86.0 cm³/mol. The second-order valence-electron chi connectivity index (χ2n) is 5.82. The minimum atomic E-state index is 0.0544. The lowest BCUT2D eigenvalue weighted by molar-refractivity contribution is 0.00235. The lowest BCUT2D eigenvalue weighted by Gasteiger charge is -2.30. The lowest BCUT2D eigenvalue weighted by atomic mass is 10.0. The molecule has 1 aromatic rings. The van der Waals surface area contributed by atoms with E-state index in [9.17, 15) is 4.79 Å². The summed E-state index contributed by atoms with van der Waals surface area (Å²) in [7, 11) is 5.25. The minimum Gasteiger partial charge on any atom is -0.382 e. The second kappa shape index (κ2) is 8.15. The van der Waals surface area contributed by atoms with Crippen molar-refractivity contribution >= 4 is 6.03 Å². The Morgan fingerprint density at radius 1 is 1.27 bits per heavy atom. The summed E-state index contributed by atoms with van der Waals surface area (Å²) in [5.74, 6) is 0. The molecule has 1 fully saturated rings. The van der Waals surface area contributed by atoms with Crippen LogP contribution in [0.15, 0.2) is 30.3 Å². The van der Waals surface area contributed by atoms with Gasteiger partial charge in [0, 0.05) is 27.7 Å². The first-order valence-electron chi connectivity index (χ1n) is 7.76. The summed E-state index contributed by atoms with van der Waals surface area (Å²) < 4.78 is 11.0. The van der Waals surface area contributed by atoms with Crippen molar-refractivity contribution in [2.45, 2.75) is 25.0 Å². The number of hydrogen-bond donors (Lipinski definition) is 0. The number of rotatable bonds is 6. The topological polar surface area (TPSA) is 42.0 Å². The molecule has 122 valence electrons. The Hall–Kier alpha value is -1.59. The normalized spacial score (nSPS) is 21.1. The maximum absolute atomic E-state index is 12.4. The van der Waals surface area contributed by atoms with Gasteiger partial charge in [-0.25, -0.2) is 4.79 Å². The number of amides is 2. The molecule has 1 aliphatic rings. The minimum absolute atomic E-state index is 0.0544. The van der Waals surface area contributed by atoms with Crippen molar-refractivity contribution in [3.8, 4) is 0 Å². The molecule has 1 aliphatic heterocycles. The zero-order valence-electron chi connectivity index (χ0n) is 13.7. The van der Waals surface area contributed by atoms with Crippen LogP contribution in [0.1, 0.15) is 12.0 Å². The number of carbonyl (C=O) groups is 1. The van der Waals surface area contributed by atoms with Crippen molar-refractivity contribution in [2.75, 3.05) is 41.0 Å². The van der Waals surface area contributed by atoms with Crippen LogP contribution < -0.4 is 0 Å². The van der Waals surface area contributed by atoms with E-state index in [4.69, 9.17) is 9.47 Å². The van der Waals surface area contributed by atoms with Crippen molar-refractivity contribution in [3.63, 3.8) is 0 Å². The first-order chi connectivity index (χ1) is 10.6. The molecule has 0 unspecified atom stereocenters. The highest BCUT2D eigenvalue weighted by Crippen LogP contribution is 2.25. The van der Waals surface area contributed by atoms with Gasteiger partial charge in [-0.15, -0.1) is 0 Å². The van der Waals surface area contributed by atoms with Crippen molar-refractivity contribution < 1.29 is 14.3 Å². The average Bonchev–Trinajstić information content (AvgIpc) is 2.90. The number of urea groups is 1. The molecule has 0 aromatic heterocycles. The SMILES string of the molecule is COCCO[C@@H]1CCN(C(=O)N(C)C)[C@H]1Cc1ccccc1. The van der Waals surface area contributed by atoms with E-state index >= 15 is 0 Å². The van der Waals surface area contributed by atoms with Gasteiger partial charge in [-0.1, -0.05) is 30.3 Å². The summed E-state index contributed by atoms with van der Waals surface area (Å²) >= 11 is 0. The van der Waals surface area contributed by atoms with Gasteiger partial charge in [0.1, 0.15) is 0 Å². The van der Waals surface area contributed by atoms with Crippen LogP contribution in [0.3, 0.4) is 0 Å². The second-order valence-corrected chi connectivity index (χ2v) is 5.82. The van der Waals surface area contributed by atoms with Gasteiger partial charge in [0.2, 0.25) is 0 Å². The van der Waals surface area contributed by atoms with Crippen LogP contribution in [0.2, 0.25) is 0 Å². The highest BCUT2D eigenvalue weighted by Gasteiger charge is 2.38. The molecule has 1 heterocycles. The highest BCUT2D eigenvalue weighted by atomic mass is 16.5. The molecule has 1 aromatic carbocycles. The Morgan fingerprint density at radius 2 is 2.00 bits per heavy atom. The monoisotopic (exact) mass is 306 g/mol. The predicted octanol–water partition coefficient (Wildman–Crippen LogP) is 2.02. The zero-order chi connectivity index (χ0) is 15.9. The third-order valence-corrected chi connectivity index (χ3v) is 4.02. The third kappa shape index (κ3) is 4.21. The van der Waals surface area contributed by atoms with Crippen LogP contribution in [-0.2, 0) is 15.9 Å². The van der Waals surface area contributed by atoms with E-state index in [0.29, 0.717) is 13.2 Å². The Labute approximate surface area is 132 Å². The number of nitrogens with zero attached hydrogens (tertiary/aromatic N) is 2. The van der Waals surface area contributed by atoms with Gasteiger partial charge in [0.15, 0.2) is 0 Å². The Kier molecular flexibility index (Phi) is 6.21. The molecule has 2 rings (SSSR count). The van der Waals surface area contributed by atoms with Crippen molar-refractivity contribution in [1.82, 2.24) is 9.80 Å². The first-order valence-corrected chi connectivity index (χ1v) is 7.76. The van der Waals surface area contributed by atoms with Gasteiger partial charge >= 0.3 is 6.03 Å². The number of benzene rings is 1. The smallest absolute Gasteiger partial charge is 0.319 e. The van der Waals surface area contributed by atoms with Gasteiger partial charge in [0.25, 0.3) is 0 Å². The van der Waals surface area contributed by atoms with Crippen molar-refractivity contribution in [3.05, 3.63) is 35.9 Å². The van der Waals surface area contributed by atoms with Crippen LogP contribution in [0.5, 0.6) is 0 Å². The van der Waals surface area contributed by atoms with E-state index in [2.05, 4.69) is 12.1 Å². The van der Waals surface area contributed by atoms with Gasteiger partial charge in [-0.05, 0) is 18.4 Å². The fourth-order valence-corrected chi connectivity index (χ4v) is 2.89. The van der Waals surface area contributed by atoms with Gasteiger partial charge in [-0.2, -0.15) is 0 Å². The fourth-order valence-electron chi connectivity index (χ4n) is 2.89. The highest BCUT2D eigenvalue weighted by molar-refractivity contribution is 5.74. The molecule has 22 heavy (non-hydrogen) atoms. The van der Waals surface area contributed by atoms with Gasteiger partial charge in [0.05, 0.1) is 25.4 Å². The van der Waals surface area contributed by atoms with E-state index in [1.807, 2.05) is 23.1 Å². The molecule has 2 atom stereocenters. The van der Waals surface area contributed by atoms with Crippen molar-refractivity contribution in [1.29, 1.82) is 0 Å². The Bertz CT molecular complexity index is 464. The summed E-state index contributed by atoms with van der Waals surface area (Å²) in [6.45, 7) is 1.89. The summed E-state index contributed by atoms with van der Waals surface area (Å²) in [4.78, 5) is 16.0. The largest absolute Gasteiger partial charge is 0.382 e. The zero-order valence-corrected chi connectivity index (χ0v) is 13.7. The van der Waals surface area contributed by atoms with Crippen LogP contribution in [0, 0.1) is 0 Å². The number of carbonyl (C=O) groups excluding carboxylic acids is 1. The molecule has 2 amide bonds. The van der Waals surface area contributed by atoms with Gasteiger partial charge < -0.3 is 19.3 Å². The van der Waals surface area contributed by atoms with E-state index < -0.39 is 0 Å². The fraction of sp³-hybridized carbons (Fsp3) is 0.588. The van der Waals surface area contributed by atoms with Crippen LogP contribution >= 0.6 is 0 Å². The molecule has 0 N–H and O–H groups in total. The van der Waals surface area contributed by atoms with Crippen LogP contribution in [-0.4, -0.2) is 68.9 Å². The molecule has 0 radical (unpaired) electrons. The number of methoxy groups -OCH3 is 1. The van der Waals surface area contributed by atoms with Crippen molar-refractivity contribution in [2.24, 2.45) is 0 Å². The molecule has 0 aliphatic carbocycles. The lowest BCUT2D eigenvalue weighted by Crippen LogP contribution is -2.46. The summed E-state index contributed by atoms with van der Waals surface area (Å²) in [6.07, 6.45) is 1.76. The van der Waals surface area contributed by atoms with E-state index in [-0.39, 0.29) is 18.2 Å². The maximum atomic E-state index is 12.4.